The van der Waals surface area contributed by atoms with Crippen molar-refractivity contribution in [3.05, 3.63) is 66.5 Å². The Kier molecular flexibility index (Phi) is 4.84. The largest absolute Gasteiger partial charge is 0.480 e. The molecule has 25 heavy (non-hydrogen) atoms. The minimum Gasteiger partial charge on any atom is -0.480 e. The van der Waals surface area contributed by atoms with Crippen molar-refractivity contribution >= 4 is 23.4 Å². The molecule has 3 rings (SSSR count). The summed E-state index contributed by atoms with van der Waals surface area (Å²) in [5.41, 5.74) is 1.69. The van der Waals surface area contributed by atoms with Crippen molar-refractivity contribution in [2.24, 2.45) is 0 Å². The van der Waals surface area contributed by atoms with Crippen LogP contribution >= 0.6 is 0 Å². The van der Waals surface area contributed by atoms with E-state index in [1.807, 2.05) is 30.3 Å². The number of rotatable bonds is 6. The lowest BCUT2D eigenvalue weighted by Gasteiger charge is -2.11. The monoisotopic (exact) mass is 338 g/mol. The number of aliphatic carboxylic acids is 1. The zero-order valence-electron chi connectivity index (χ0n) is 13.1. The van der Waals surface area contributed by atoms with Gasteiger partial charge < -0.3 is 15.7 Å². The molecule has 126 valence electrons. The molecule has 0 unspecified atom stereocenters. The summed E-state index contributed by atoms with van der Waals surface area (Å²) >= 11 is 0. The third-order valence-corrected chi connectivity index (χ3v) is 3.33. The van der Waals surface area contributed by atoms with E-state index < -0.39 is 11.8 Å². The number of carboxylic acid groups (broad SMARTS) is 1. The van der Waals surface area contributed by atoms with E-state index in [2.05, 4.69) is 20.6 Å². The van der Waals surface area contributed by atoms with Gasteiger partial charge in [0.1, 0.15) is 18.2 Å². The molecule has 0 bridgehead atoms. The average Bonchev–Trinajstić information content (AvgIpc) is 2.62. The number of benzene rings is 2. The molecule has 0 amide bonds. The minimum absolute atomic E-state index is 0.141. The lowest BCUT2D eigenvalue weighted by molar-refractivity contribution is -0.134. The number of para-hydroxylation sites is 1. The Bertz CT molecular complexity index is 887. The Morgan fingerprint density at radius 3 is 2.48 bits per heavy atom. The highest BCUT2D eigenvalue weighted by Gasteiger charge is 2.09. The third kappa shape index (κ3) is 4.29. The Balaban J connectivity index is 1.97. The van der Waals surface area contributed by atoms with Crippen LogP contribution in [0.25, 0.3) is 11.3 Å². The van der Waals surface area contributed by atoms with Gasteiger partial charge in [0, 0.05) is 11.6 Å². The fraction of sp³-hybridized carbons (Fsp3) is 0.0556. The highest BCUT2D eigenvalue weighted by molar-refractivity contribution is 5.73. The first-order valence-electron chi connectivity index (χ1n) is 7.53. The van der Waals surface area contributed by atoms with Gasteiger partial charge in [0.25, 0.3) is 0 Å². The number of nitrogens with zero attached hydrogens (tertiary/aromatic N) is 2. The first kappa shape index (κ1) is 16.4. The van der Waals surface area contributed by atoms with Crippen LogP contribution in [0.3, 0.4) is 0 Å². The lowest BCUT2D eigenvalue weighted by Crippen LogP contribution is -2.15. The zero-order chi connectivity index (χ0) is 17.6. The zero-order valence-corrected chi connectivity index (χ0v) is 13.1. The molecule has 0 spiro atoms. The Hall–Kier alpha value is -3.48. The first-order valence-corrected chi connectivity index (χ1v) is 7.53. The Morgan fingerprint density at radius 1 is 1.04 bits per heavy atom. The van der Waals surface area contributed by atoms with Gasteiger partial charge in [-0.25, -0.2) is 9.37 Å². The van der Waals surface area contributed by atoms with Crippen molar-refractivity contribution < 1.29 is 14.3 Å². The van der Waals surface area contributed by atoms with Crippen molar-refractivity contribution in [2.45, 2.75) is 0 Å². The molecule has 0 saturated heterocycles. The van der Waals surface area contributed by atoms with Gasteiger partial charge in [-0.1, -0.05) is 42.5 Å². The molecule has 0 aliphatic carbocycles. The van der Waals surface area contributed by atoms with Crippen molar-refractivity contribution in [3.8, 4) is 11.3 Å². The summed E-state index contributed by atoms with van der Waals surface area (Å²) in [6, 6.07) is 17.3. The molecule has 0 aliphatic heterocycles. The standard InChI is InChI=1S/C18H15FN4O2/c19-13-8-4-5-9-14(13)21-16-10-15(12-6-2-1-3-7-12)22-18(23-16)20-11-17(24)25/h1-10H,11H2,(H,24,25)(H2,20,21,22,23). The van der Waals surface area contributed by atoms with Crippen molar-refractivity contribution in [2.75, 3.05) is 17.2 Å². The second kappa shape index (κ2) is 7.39. The summed E-state index contributed by atoms with van der Waals surface area (Å²) in [4.78, 5) is 19.3. The highest BCUT2D eigenvalue weighted by atomic mass is 19.1. The van der Waals surface area contributed by atoms with Gasteiger partial charge in [-0.05, 0) is 12.1 Å². The average molecular weight is 338 g/mol. The normalized spacial score (nSPS) is 10.3. The number of carbonyl (C=O) groups is 1. The van der Waals surface area contributed by atoms with Crippen LogP contribution in [0.15, 0.2) is 60.7 Å². The van der Waals surface area contributed by atoms with Crippen LogP contribution in [0.1, 0.15) is 0 Å². The highest BCUT2D eigenvalue weighted by Crippen LogP contribution is 2.24. The molecule has 1 aromatic heterocycles. The van der Waals surface area contributed by atoms with Gasteiger partial charge in [0.05, 0.1) is 11.4 Å². The van der Waals surface area contributed by atoms with Crippen LogP contribution in [0.4, 0.5) is 21.8 Å². The van der Waals surface area contributed by atoms with Crippen LogP contribution in [0, 0.1) is 5.82 Å². The molecular formula is C18H15FN4O2. The van der Waals surface area contributed by atoms with E-state index in [9.17, 15) is 9.18 Å². The quantitative estimate of drug-likeness (QED) is 0.637. The lowest BCUT2D eigenvalue weighted by atomic mass is 10.1. The molecular weight excluding hydrogens is 323 g/mol. The SMILES string of the molecule is O=C(O)CNc1nc(Nc2ccccc2F)cc(-c2ccccc2)n1. The number of halogens is 1. The smallest absolute Gasteiger partial charge is 0.322 e. The summed E-state index contributed by atoms with van der Waals surface area (Å²) in [7, 11) is 0. The van der Waals surface area contributed by atoms with Crippen LogP contribution in [-0.4, -0.2) is 27.6 Å². The topological polar surface area (TPSA) is 87.1 Å². The molecule has 0 aliphatic rings. The molecule has 3 aromatic rings. The number of hydrogen-bond donors (Lipinski definition) is 3. The Labute approximate surface area is 143 Å². The van der Waals surface area contributed by atoms with E-state index in [-0.39, 0.29) is 18.2 Å². The second-order valence-corrected chi connectivity index (χ2v) is 5.18. The molecule has 0 atom stereocenters. The van der Waals surface area contributed by atoms with Crippen LogP contribution in [-0.2, 0) is 4.79 Å². The summed E-state index contributed by atoms with van der Waals surface area (Å²) in [5, 5.41) is 14.4. The molecule has 1 heterocycles. The van der Waals surface area contributed by atoms with Crippen molar-refractivity contribution in [1.29, 1.82) is 0 Å². The van der Waals surface area contributed by atoms with Gasteiger partial charge >= 0.3 is 5.97 Å². The molecule has 0 fully saturated rings. The molecule has 2 aromatic carbocycles. The van der Waals surface area contributed by atoms with E-state index in [0.717, 1.165) is 5.56 Å². The van der Waals surface area contributed by atoms with Gasteiger partial charge in [0.15, 0.2) is 0 Å². The van der Waals surface area contributed by atoms with E-state index in [1.54, 1.807) is 24.3 Å². The number of carboxylic acids is 1. The minimum atomic E-state index is -1.03. The van der Waals surface area contributed by atoms with E-state index in [0.29, 0.717) is 11.5 Å². The molecule has 7 heteroatoms. The molecule has 0 radical (unpaired) electrons. The maximum absolute atomic E-state index is 13.9. The number of hydrogen-bond acceptors (Lipinski definition) is 5. The second-order valence-electron chi connectivity index (χ2n) is 5.18. The van der Waals surface area contributed by atoms with Crippen LogP contribution in [0.5, 0.6) is 0 Å². The van der Waals surface area contributed by atoms with Gasteiger partial charge in [-0.2, -0.15) is 4.98 Å². The summed E-state index contributed by atoms with van der Waals surface area (Å²) in [6.45, 7) is -0.322. The molecule has 3 N–H and O–H groups in total. The summed E-state index contributed by atoms with van der Waals surface area (Å²) in [5.74, 6) is -0.950. The third-order valence-electron chi connectivity index (χ3n) is 3.33. The molecule has 6 nitrogen and oxygen atoms in total. The van der Waals surface area contributed by atoms with Crippen molar-refractivity contribution in [1.82, 2.24) is 9.97 Å². The number of nitrogens with one attached hydrogen (secondary N) is 2. The maximum Gasteiger partial charge on any atom is 0.322 e. The van der Waals surface area contributed by atoms with Crippen molar-refractivity contribution in [3.63, 3.8) is 0 Å². The van der Waals surface area contributed by atoms with Crippen LogP contribution in [0.2, 0.25) is 0 Å². The van der Waals surface area contributed by atoms with E-state index in [4.69, 9.17) is 5.11 Å². The van der Waals surface area contributed by atoms with Crippen LogP contribution < -0.4 is 10.6 Å². The maximum atomic E-state index is 13.9. The van der Waals surface area contributed by atoms with Gasteiger partial charge in [-0.3, -0.25) is 4.79 Å². The van der Waals surface area contributed by atoms with Gasteiger partial charge in [-0.15, -0.1) is 0 Å². The van der Waals surface area contributed by atoms with E-state index >= 15 is 0 Å². The Morgan fingerprint density at radius 2 is 1.76 bits per heavy atom. The number of anilines is 3. The van der Waals surface area contributed by atoms with E-state index in [1.165, 1.54) is 6.07 Å². The molecule has 0 saturated carbocycles. The fourth-order valence-corrected chi connectivity index (χ4v) is 2.20. The predicted octanol–water partition coefficient (Wildman–Crippen LogP) is 3.52. The van der Waals surface area contributed by atoms with Gasteiger partial charge in [0.2, 0.25) is 5.95 Å². The first-order chi connectivity index (χ1) is 12.1. The fourth-order valence-electron chi connectivity index (χ4n) is 2.20. The number of aromatic nitrogens is 2. The summed E-state index contributed by atoms with van der Waals surface area (Å²) in [6.07, 6.45) is 0. The predicted molar refractivity (Wildman–Crippen MR) is 93.3 cm³/mol. The summed E-state index contributed by atoms with van der Waals surface area (Å²) < 4.78 is 13.9.